The van der Waals surface area contributed by atoms with E-state index < -0.39 is 17.3 Å². The maximum atomic E-state index is 13.7. The highest BCUT2D eigenvalue weighted by atomic mass is 35.5. The van der Waals surface area contributed by atoms with Gasteiger partial charge >= 0.3 is 0 Å². The topological polar surface area (TPSA) is 55.1 Å². The van der Waals surface area contributed by atoms with Gasteiger partial charge < -0.3 is 11.1 Å². The lowest BCUT2D eigenvalue weighted by Gasteiger charge is -2.31. The molecule has 0 aliphatic heterocycles. The Morgan fingerprint density at radius 2 is 2.05 bits per heavy atom. The van der Waals surface area contributed by atoms with Crippen LogP contribution in [0.2, 0.25) is 0 Å². The quantitative estimate of drug-likeness (QED) is 0.878. The number of aryl methyl sites for hydroxylation is 1. The largest absolute Gasteiger partial charge is 0.346 e. The Hall–Kier alpha value is -1.13. The maximum Gasteiger partial charge on any atom is 0.254 e. The minimum atomic E-state index is -0.512. The summed E-state index contributed by atoms with van der Waals surface area (Å²) >= 11 is 0. The van der Waals surface area contributed by atoms with Gasteiger partial charge in [-0.2, -0.15) is 0 Å². The van der Waals surface area contributed by atoms with Crippen LogP contribution in [0.5, 0.6) is 0 Å². The number of benzene rings is 1. The summed E-state index contributed by atoms with van der Waals surface area (Å²) in [7, 11) is 0. The number of nitrogens with two attached hydrogens (primary N) is 1. The summed E-state index contributed by atoms with van der Waals surface area (Å²) in [6.45, 7) is 8.16. The third-order valence-corrected chi connectivity index (χ3v) is 3.09. The molecule has 3 N–H and O–H groups in total. The van der Waals surface area contributed by atoms with E-state index >= 15 is 0 Å². The first-order valence-electron chi connectivity index (χ1n) is 6.56. The second kappa shape index (κ2) is 7.60. The number of rotatable bonds is 5. The molecule has 5 heteroatoms. The third kappa shape index (κ3) is 5.10. The van der Waals surface area contributed by atoms with Crippen LogP contribution in [0.4, 0.5) is 4.39 Å². The van der Waals surface area contributed by atoms with Crippen LogP contribution in [-0.4, -0.2) is 18.0 Å². The molecular weight excluding hydrogens is 279 g/mol. The van der Waals surface area contributed by atoms with Crippen LogP contribution in [0.15, 0.2) is 18.2 Å². The minimum absolute atomic E-state index is 0. The summed E-state index contributed by atoms with van der Waals surface area (Å²) in [6, 6.07) is 4.51. The zero-order chi connectivity index (χ0) is 14.6. The Morgan fingerprint density at radius 1 is 1.45 bits per heavy atom. The van der Waals surface area contributed by atoms with Gasteiger partial charge in [0.05, 0.1) is 5.56 Å². The van der Waals surface area contributed by atoms with Crippen LogP contribution in [0, 0.1) is 18.7 Å². The molecule has 20 heavy (non-hydrogen) atoms. The maximum absolute atomic E-state index is 13.7. The van der Waals surface area contributed by atoms with E-state index in [9.17, 15) is 9.18 Å². The smallest absolute Gasteiger partial charge is 0.254 e. The SMILES string of the molecule is Cc1ccc(F)c(C(=O)NC(C)(CN)CC(C)C)c1.Cl. The van der Waals surface area contributed by atoms with Crippen molar-refractivity contribution in [1.82, 2.24) is 5.32 Å². The van der Waals surface area contributed by atoms with Gasteiger partial charge in [0, 0.05) is 12.1 Å². The molecule has 1 aromatic carbocycles. The molecule has 0 bridgehead atoms. The van der Waals surface area contributed by atoms with Crippen LogP contribution in [0.25, 0.3) is 0 Å². The average Bonchev–Trinajstić information content (AvgIpc) is 2.31. The van der Waals surface area contributed by atoms with Crippen LogP contribution in [-0.2, 0) is 0 Å². The number of carbonyl (C=O) groups excluding carboxylic acids is 1. The second-order valence-electron chi connectivity index (χ2n) is 5.80. The summed E-state index contributed by atoms with van der Waals surface area (Å²) in [5.41, 5.74) is 6.15. The van der Waals surface area contributed by atoms with Gasteiger partial charge in [0.25, 0.3) is 5.91 Å². The molecule has 0 aromatic heterocycles. The van der Waals surface area contributed by atoms with Crippen LogP contribution in [0.3, 0.4) is 0 Å². The molecule has 0 saturated carbocycles. The molecule has 0 spiro atoms. The van der Waals surface area contributed by atoms with Gasteiger partial charge in [-0.15, -0.1) is 12.4 Å². The summed E-state index contributed by atoms with van der Waals surface area (Å²) in [6.07, 6.45) is 0.753. The van der Waals surface area contributed by atoms with E-state index in [1.54, 1.807) is 12.1 Å². The third-order valence-electron chi connectivity index (χ3n) is 3.09. The number of halogens is 2. The number of hydrogen-bond acceptors (Lipinski definition) is 2. The van der Waals surface area contributed by atoms with Gasteiger partial charge in [-0.1, -0.05) is 25.5 Å². The Labute approximate surface area is 126 Å². The normalized spacial score (nSPS) is 13.6. The van der Waals surface area contributed by atoms with Crippen molar-refractivity contribution >= 4 is 18.3 Å². The monoisotopic (exact) mass is 302 g/mol. The highest BCUT2D eigenvalue weighted by molar-refractivity contribution is 5.95. The summed E-state index contributed by atoms with van der Waals surface area (Å²) in [5.74, 6) is -0.516. The predicted molar refractivity (Wildman–Crippen MR) is 82.8 cm³/mol. The minimum Gasteiger partial charge on any atom is -0.346 e. The number of amides is 1. The molecule has 1 unspecified atom stereocenters. The van der Waals surface area contributed by atoms with Crippen molar-refractivity contribution in [1.29, 1.82) is 0 Å². The molecule has 1 atom stereocenters. The van der Waals surface area contributed by atoms with Crippen LogP contribution in [0.1, 0.15) is 43.1 Å². The lowest BCUT2D eigenvalue weighted by Crippen LogP contribution is -2.52. The first-order valence-corrected chi connectivity index (χ1v) is 6.56. The van der Waals surface area contributed by atoms with Gasteiger partial charge in [-0.3, -0.25) is 4.79 Å². The van der Waals surface area contributed by atoms with E-state index in [-0.39, 0.29) is 18.0 Å². The lowest BCUT2D eigenvalue weighted by atomic mass is 9.90. The fourth-order valence-electron chi connectivity index (χ4n) is 2.24. The standard InChI is InChI=1S/C15H23FN2O.ClH/c1-10(2)8-15(4,9-17)18-14(19)12-7-11(3)5-6-13(12)16;/h5-7,10H,8-9,17H2,1-4H3,(H,18,19);1H. The Morgan fingerprint density at radius 3 is 2.55 bits per heavy atom. The van der Waals surface area contributed by atoms with Crippen molar-refractivity contribution in [3.8, 4) is 0 Å². The van der Waals surface area contributed by atoms with Crippen LogP contribution < -0.4 is 11.1 Å². The second-order valence-corrected chi connectivity index (χ2v) is 5.80. The van der Waals surface area contributed by atoms with Crippen molar-refractivity contribution in [3.05, 3.63) is 35.1 Å². The summed E-state index contributed by atoms with van der Waals surface area (Å²) in [4.78, 5) is 12.2. The summed E-state index contributed by atoms with van der Waals surface area (Å²) in [5, 5.41) is 2.85. The number of hydrogen-bond donors (Lipinski definition) is 2. The zero-order valence-electron chi connectivity index (χ0n) is 12.5. The Balaban J connectivity index is 0.00000361. The lowest BCUT2D eigenvalue weighted by molar-refractivity contribution is 0.0894. The van der Waals surface area contributed by atoms with Gasteiger partial charge in [0.1, 0.15) is 5.82 Å². The fraction of sp³-hybridized carbons (Fsp3) is 0.533. The summed E-state index contributed by atoms with van der Waals surface area (Å²) < 4.78 is 13.7. The Bertz CT molecular complexity index is 465. The van der Waals surface area contributed by atoms with Crippen molar-refractivity contribution < 1.29 is 9.18 Å². The van der Waals surface area contributed by atoms with Gasteiger partial charge in [0.2, 0.25) is 0 Å². The Kier molecular flexibility index (Phi) is 7.17. The molecule has 114 valence electrons. The van der Waals surface area contributed by atoms with Crippen molar-refractivity contribution in [2.45, 2.75) is 39.7 Å². The van der Waals surface area contributed by atoms with Crippen molar-refractivity contribution in [2.24, 2.45) is 11.7 Å². The number of nitrogens with one attached hydrogen (secondary N) is 1. The van der Waals surface area contributed by atoms with Gasteiger partial charge in [0.15, 0.2) is 0 Å². The van der Waals surface area contributed by atoms with E-state index in [2.05, 4.69) is 19.2 Å². The number of carbonyl (C=O) groups is 1. The highest BCUT2D eigenvalue weighted by Crippen LogP contribution is 2.17. The molecule has 3 nitrogen and oxygen atoms in total. The first kappa shape index (κ1) is 18.9. The first-order chi connectivity index (χ1) is 8.77. The molecule has 0 fully saturated rings. The molecule has 1 rings (SSSR count). The predicted octanol–water partition coefficient (Wildman–Crippen LogP) is 3.05. The highest BCUT2D eigenvalue weighted by Gasteiger charge is 2.27. The molecule has 0 heterocycles. The molecule has 1 aromatic rings. The van der Waals surface area contributed by atoms with Crippen molar-refractivity contribution in [2.75, 3.05) is 6.54 Å². The van der Waals surface area contributed by atoms with E-state index in [4.69, 9.17) is 5.73 Å². The van der Waals surface area contributed by atoms with Crippen molar-refractivity contribution in [3.63, 3.8) is 0 Å². The van der Waals surface area contributed by atoms with E-state index in [0.717, 1.165) is 12.0 Å². The van der Waals surface area contributed by atoms with Gasteiger partial charge in [-0.25, -0.2) is 4.39 Å². The zero-order valence-corrected chi connectivity index (χ0v) is 13.3. The van der Waals surface area contributed by atoms with Crippen LogP contribution >= 0.6 is 12.4 Å². The molecule has 0 saturated heterocycles. The average molecular weight is 303 g/mol. The molecule has 0 aliphatic rings. The molecule has 0 radical (unpaired) electrons. The van der Waals surface area contributed by atoms with Gasteiger partial charge in [-0.05, 0) is 38.3 Å². The fourth-order valence-corrected chi connectivity index (χ4v) is 2.24. The van der Waals surface area contributed by atoms with E-state index in [1.807, 2.05) is 13.8 Å². The molecule has 1 amide bonds. The molecule has 0 aliphatic carbocycles. The van der Waals surface area contributed by atoms with E-state index in [0.29, 0.717) is 12.5 Å². The van der Waals surface area contributed by atoms with E-state index in [1.165, 1.54) is 6.07 Å². The molecular formula is C15H24ClFN2O.